The summed E-state index contributed by atoms with van der Waals surface area (Å²) in [5.74, 6) is 0. The molecule has 0 aliphatic carbocycles. The van der Waals surface area contributed by atoms with E-state index in [1.165, 1.54) is 27.8 Å². The van der Waals surface area contributed by atoms with Crippen LogP contribution in [0.5, 0.6) is 0 Å². The summed E-state index contributed by atoms with van der Waals surface area (Å²) in [4.78, 5) is 0. The van der Waals surface area contributed by atoms with Crippen LogP contribution in [0.3, 0.4) is 0 Å². The summed E-state index contributed by atoms with van der Waals surface area (Å²) in [6, 6.07) is 15.4. The first-order chi connectivity index (χ1) is 8.08. The molecule has 2 aromatic rings. The molecule has 18 heavy (non-hydrogen) atoms. The highest BCUT2D eigenvalue weighted by molar-refractivity contribution is 7.17. The molecule has 0 bridgehead atoms. The van der Waals surface area contributed by atoms with E-state index in [-0.39, 0.29) is 8.41 Å². The van der Waals surface area contributed by atoms with Crippen molar-refractivity contribution >= 4 is 17.7 Å². The molecular formula is C16H22BP. The highest BCUT2D eigenvalue weighted by Gasteiger charge is 2.11. The van der Waals surface area contributed by atoms with Gasteiger partial charge in [0.1, 0.15) is 0 Å². The van der Waals surface area contributed by atoms with Crippen molar-refractivity contribution in [1.82, 2.24) is 0 Å². The van der Waals surface area contributed by atoms with E-state index in [2.05, 4.69) is 72.5 Å². The van der Waals surface area contributed by atoms with E-state index in [9.17, 15) is 0 Å². The zero-order valence-corrected chi connectivity index (χ0v) is 11.9. The van der Waals surface area contributed by atoms with Crippen LogP contribution >= 0.6 is 9.24 Å². The predicted octanol–water partition coefficient (Wildman–Crippen LogP) is 3.39. The zero-order chi connectivity index (χ0) is 12.4. The summed E-state index contributed by atoms with van der Waals surface area (Å²) < 4.78 is 0. The van der Waals surface area contributed by atoms with Gasteiger partial charge in [0.25, 0.3) is 0 Å². The van der Waals surface area contributed by atoms with Gasteiger partial charge in [-0.3, -0.25) is 0 Å². The number of rotatable bonds is 2. The van der Waals surface area contributed by atoms with Gasteiger partial charge in [-0.1, -0.05) is 53.6 Å². The first-order valence-corrected chi connectivity index (χ1v) is 6.64. The third-order valence-corrected chi connectivity index (χ3v) is 3.87. The third-order valence-electron chi connectivity index (χ3n) is 3.13. The highest BCUT2D eigenvalue weighted by Crippen LogP contribution is 2.33. The van der Waals surface area contributed by atoms with Gasteiger partial charge in [0.15, 0.2) is 0 Å². The van der Waals surface area contributed by atoms with Gasteiger partial charge in [-0.15, -0.1) is 9.24 Å². The minimum absolute atomic E-state index is 0. The van der Waals surface area contributed by atoms with Gasteiger partial charge < -0.3 is 0 Å². The maximum Gasteiger partial charge on any atom is 0.0814 e. The largest absolute Gasteiger partial charge is 0.125 e. The molecule has 0 radical (unpaired) electrons. The second-order valence-corrected chi connectivity index (χ2v) is 5.42. The molecule has 0 aliphatic rings. The number of benzene rings is 2. The van der Waals surface area contributed by atoms with Gasteiger partial charge in [0.05, 0.1) is 8.41 Å². The van der Waals surface area contributed by atoms with Crippen LogP contribution in [0.1, 0.15) is 33.5 Å². The first-order valence-electron chi connectivity index (χ1n) is 5.97. The summed E-state index contributed by atoms with van der Waals surface area (Å²) in [5, 5.41) is 0. The molecule has 94 valence electrons. The molecule has 0 nitrogen and oxygen atoms in total. The molecule has 0 N–H and O–H groups in total. The second kappa shape index (κ2) is 6.20. The minimum atomic E-state index is 0. The summed E-state index contributed by atoms with van der Waals surface area (Å²) in [6.07, 6.45) is 0. The minimum Gasteiger partial charge on any atom is -0.125 e. The Balaban J connectivity index is 0.00000162. The maximum absolute atomic E-state index is 2.97. The molecule has 2 atom stereocenters. The Bertz CT molecular complexity index is 514. The van der Waals surface area contributed by atoms with Crippen molar-refractivity contribution in [2.75, 3.05) is 0 Å². The van der Waals surface area contributed by atoms with Gasteiger partial charge in [0.2, 0.25) is 0 Å². The molecule has 0 heterocycles. The van der Waals surface area contributed by atoms with E-state index in [1.54, 1.807) is 0 Å². The number of hydrogen-bond donors (Lipinski definition) is 0. The van der Waals surface area contributed by atoms with Crippen LogP contribution in [-0.4, -0.2) is 8.41 Å². The van der Waals surface area contributed by atoms with Gasteiger partial charge >= 0.3 is 0 Å². The quantitative estimate of drug-likeness (QED) is 0.570. The van der Waals surface area contributed by atoms with Crippen LogP contribution in [0.15, 0.2) is 42.5 Å². The molecule has 0 amide bonds. The Hall–Kier alpha value is -1.07. The molecule has 2 aromatic carbocycles. The Morgan fingerprint density at radius 1 is 0.889 bits per heavy atom. The molecule has 2 heteroatoms. The van der Waals surface area contributed by atoms with E-state index in [4.69, 9.17) is 0 Å². The van der Waals surface area contributed by atoms with Gasteiger partial charge in [-0.25, -0.2) is 0 Å². The third kappa shape index (κ3) is 3.24. The molecule has 0 saturated heterocycles. The van der Waals surface area contributed by atoms with Gasteiger partial charge in [-0.2, -0.15) is 0 Å². The molecule has 0 saturated carbocycles. The van der Waals surface area contributed by atoms with Crippen LogP contribution in [0.2, 0.25) is 0 Å². The predicted molar refractivity (Wildman–Crippen MR) is 88.6 cm³/mol. The Morgan fingerprint density at radius 3 is 2.00 bits per heavy atom. The summed E-state index contributed by atoms with van der Waals surface area (Å²) in [5.41, 5.74) is 7.17. The van der Waals surface area contributed by atoms with E-state index in [1.807, 2.05) is 0 Å². The Labute approximate surface area is 115 Å². The van der Waals surface area contributed by atoms with Gasteiger partial charge in [0, 0.05) is 5.66 Å². The standard InChI is InChI=1S/C16H19P.BH3/c1-11-8-12(2)10-14(9-11)16(17)15-7-5-4-6-13(15)3;/h4-10,16H,17H2,1-3H3;1H3. The second-order valence-electron chi connectivity index (χ2n) is 4.76. The lowest BCUT2D eigenvalue weighted by Crippen LogP contribution is -1.96. The van der Waals surface area contributed by atoms with Crippen LogP contribution in [0.25, 0.3) is 0 Å². The zero-order valence-electron chi connectivity index (χ0n) is 10.7. The lowest BCUT2D eigenvalue weighted by atomic mass is 9.97. The first kappa shape index (κ1) is 15.0. The van der Waals surface area contributed by atoms with Crippen molar-refractivity contribution in [3.63, 3.8) is 0 Å². The molecule has 0 spiro atoms. The topological polar surface area (TPSA) is 0 Å². The van der Waals surface area contributed by atoms with E-state index < -0.39 is 0 Å². The van der Waals surface area contributed by atoms with Crippen molar-refractivity contribution in [3.8, 4) is 0 Å². The summed E-state index contributed by atoms with van der Waals surface area (Å²) in [6.45, 7) is 6.49. The van der Waals surface area contributed by atoms with Crippen LogP contribution in [-0.2, 0) is 0 Å². The fourth-order valence-corrected chi connectivity index (χ4v) is 2.87. The fraction of sp³-hybridized carbons (Fsp3) is 0.250. The van der Waals surface area contributed by atoms with Crippen LogP contribution in [0.4, 0.5) is 0 Å². The van der Waals surface area contributed by atoms with Crippen molar-refractivity contribution in [1.29, 1.82) is 0 Å². The molecule has 2 unspecified atom stereocenters. The van der Waals surface area contributed by atoms with Crippen molar-refractivity contribution in [3.05, 3.63) is 70.3 Å². The number of aryl methyl sites for hydroxylation is 3. The van der Waals surface area contributed by atoms with Crippen molar-refractivity contribution in [2.24, 2.45) is 0 Å². The molecule has 0 aromatic heterocycles. The summed E-state index contributed by atoms with van der Waals surface area (Å²) in [7, 11) is 2.97. The molecule has 0 fully saturated rings. The van der Waals surface area contributed by atoms with E-state index in [0.29, 0.717) is 5.66 Å². The van der Waals surface area contributed by atoms with Crippen LogP contribution < -0.4 is 0 Å². The lowest BCUT2D eigenvalue weighted by molar-refractivity contribution is 1.11. The average Bonchev–Trinajstić information content (AvgIpc) is 2.27. The average molecular weight is 256 g/mol. The molecular weight excluding hydrogens is 234 g/mol. The number of hydrogen-bond acceptors (Lipinski definition) is 0. The Kier molecular flexibility index (Phi) is 5.17. The maximum atomic E-state index is 2.97. The Morgan fingerprint density at radius 2 is 1.44 bits per heavy atom. The SMILES string of the molecule is B.Cc1cc(C)cc(C(P)c2ccccc2C)c1. The molecule has 2 rings (SSSR count). The normalized spacial score (nSPS) is 11.8. The monoisotopic (exact) mass is 256 g/mol. The molecule has 0 aliphatic heterocycles. The van der Waals surface area contributed by atoms with E-state index in [0.717, 1.165) is 0 Å². The van der Waals surface area contributed by atoms with Crippen molar-refractivity contribution in [2.45, 2.75) is 26.4 Å². The summed E-state index contributed by atoms with van der Waals surface area (Å²) >= 11 is 0. The highest BCUT2D eigenvalue weighted by atomic mass is 31.0. The van der Waals surface area contributed by atoms with E-state index >= 15 is 0 Å². The lowest BCUT2D eigenvalue weighted by Gasteiger charge is -2.16. The fourth-order valence-electron chi connectivity index (χ4n) is 2.30. The smallest absolute Gasteiger partial charge is 0.0814 e. The van der Waals surface area contributed by atoms with Crippen molar-refractivity contribution < 1.29 is 0 Å². The van der Waals surface area contributed by atoms with Gasteiger partial charge in [-0.05, 0) is 37.5 Å². The van der Waals surface area contributed by atoms with Crippen LogP contribution in [0, 0.1) is 20.8 Å².